The van der Waals surface area contributed by atoms with Gasteiger partial charge in [0.15, 0.2) is 17.0 Å². The molecule has 0 saturated carbocycles. The van der Waals surface area contributed by atoms with Crippen molar-refractivity contribution in [2.24, 2.45) is 0 Å². The van der Waals surface area contributed by atoms with Crippen LogP contribution in [-0.2, 0) is 26.3 Å². The van der Waals surface area contributed by atoms with Crippen molar-refractivity contribution < 1.29 is 28.4 Å². The third-order valence-corrected chi connectivity index (χ3v) is 7.79. The van der Waals surface area contributed by atoms with Crippen LogP contribution in [0, 0.1) is 0 Å². The molecule has 3 amide bonds. The highest BCUT2D eigenvalue weighted by Crippen LogP contribution is 2.43. The lowest BCUT2D eigenvalue weighted by molar-refractivity contribution is -0.139. The molecule has 1 saturated heterocycles. The number of fused-ring (bicyclic) bond motifs is 3. The molecule has 2 atom stereocenters. The van der Waals surface area contributed by atoms with Gasteiger partial charge in [0.05, 0.1) is 24.7 Å². The van der Waals surface area contributed by atoms with Crippen molar-refractivity contribution in [3.05, 3.63) is 82.9 Å². The highest BCUT2D eigenvalue weighted by molar-refractivity contribution is 6.30. The zero-order valence-electron chi connectivity index (χ0n) is 22.7. The summed E-state index contributed by atoms with van der Waals surface area (Å²) >= 11 is 6.32. The van der Waals surface area contributed by atoms with Gasteiger partial charge in [-0.05, 0) is 48.7 Å². The Hall–Kier alpha value is -4.77. The summed E-state index contributed by atoms with van der Waals surface area (Å²) < 4.78 is 16.1. The Morgan fingerprint density at radius 3 is 2.81 bits per heavy atom. The monoisotopic (exact) mass is 589 g/mol. The fraction of sp³-hybridized carbons (Fsp3) is 0.267. The molecule has 3 aromatic carbocycles. The van der Waals surface area contributed by atoms with Crippen LogP contribution in [0.4, 0.5) is 26.8 Å². The van der Waals surface area contributed by atoms with Crippen LogP contribution in [0.25, 0.3) is 11.0 Å². The van der Waals surface area contributed by atoms with E-state index in [1.807, 2.05) is 30.3 Å². The maximum atomic E-state index is 14.2. The van der Waals surface area contributed by atoms with Gasteiger partial charge in [0.1, 0.15) is 6.04 Å². The number of piperidine rings is 1. The molecule has 6 rings (SSSR count). The van der Waals surface area contributed by atoms with Gasteiger partial charge in [-0.2, -0.15) is 0 Å². The summed E-state index contributed by atoms with van der Waals surface area (Å²) in [6, 6.07) is 19.3. The maximum Gasteiger partial charge on any atom is 0.412 e. The van der Waals surface area contributed by atoms with Gasteiger partial charge in [-0.25, -0.2) is 9.59 Å². The SMILES string of the molecule is COC(=O)Nc1ccc2c(NC(Cc3ccccc3)C(=O)N3CCCC4(C3)OC(=O)Nc3ccc(Cl)cc34)noc2c1. The number of halogens is 1. The first-order valence-corrected chi connectivity index (χ1v) is 13.8. The number of hydrogen-bond donors (Lipinski definition) is 3. The van der Waals surface area contributed by atoms with E-state index in [1.165, 1.54) is 7.11 Å². The Bertz CT molecular complexity index is 1660. The molecule has 11 nitrogen and oxygen atoms in total. The number of hydrogen-bond acceptors (Lipinski definition) is 8. The van der Waals surface area contributed by atoms with E-state index >= 15 is 0 Å². The van der Waals surface area contributed by atoms with E-state index in [0.717, 1.165) is 11.1 Å². The Balaban J connectivity index is 1.29. The van der Waals surface area contributed by atoms with Gasteiger partial charge in [-0.1, -0.05) is 47.1 Å². The van der Waals surface area contributed by atoms with Crippen LogP contribution < -0.4 is 16.0 Å². The minimum atomic E-state index is -1.02. The molecule has 0 radical (unpaired) electrons. The number of amides is 3. The van der Waals surface area contributed by atoms with E-state index in [0.29, 0.717) is 59.0 Å². The van der Waals surface area contributed by atoms with Crippen molar-refractivity contribution in [2.45, 2.75) is 30.9 Å². The predicted molar refractivity (Wildman–Crippen MR) is 157 cm³/mol. The second-order valence-corrected chi connectivity index (χ2v) is 10.7. The van der Waals surface area contributed by atoms with Crippen molar-refractivity contribution in [1.82, 2.24) is 10.1 Å². The molecule has 1 spiro atoms. The number of methoxy groups -OCH3 is 1. The van der Waals surface area contributed by atoms with Crippen molar-refractivity contribution in [3.8, 4) is 0 Å². The van der Waals surface area contributed by atoms with Crippen molar-refractivity contribution in [3.63, 3.8) is 0 Å². The summed E-state index contributed by atoms with van der Waals surface area (Å²) in [6.45, 7) is 0.679. The molecule has 1 fully saturated rings. The first-order chi connectivity index (χ1) is 20.3. The van der Waals surface area contributed by atoms with E-state index < -0.39 is 23.8 Å². The van der Waals surface area contributed by atoms with Crippen LogP contribution in [0.1, 0.15) is 24.0 Å². The number of ether oxygens (including phenoxy) is 2. The Morgan fingerprint density at radius 2 is 2.00 bits per heavy atom. The maximum absolute atomic E-state index is 14.2. The van der Waals surface area contributed by atoms with Crippen LogP contribution >= 0.6 is 11.6 Å². The van der Waals surface area contributed by atoms with E-state index in [1.54, 1.807) is 41.3 Å². The van der Waals surface area contributed by atoms with Crippen molar-refractivity contribution in [1.29, 1.82) is 0 Å². The number of carbonyl (C=O) groups excluding carboxylic acids is 3. The summed E-state index contributed by atoms with van der Waals surface area (Å²) in [5.74, 6) is 0.220. The molecule has 216 valence electrons. The average molecular weight is 590 g/mol. The first kappa shape index (κ1) is 27.4. The molecule has 12 heteroatoms. The van der Waals surface area contributed by atoms with Crippen LogP contribution in [0.3, 0.4) is 0 Å². The summed E-state index contributed by atoms with van der Waals surface area (Å²) in [5.41, 5.74) is 2.21. The van der Waals surface area contributed by atoms with Gasteiger partial charge in [-0.15, -0.1) is 0 Å². The second kappa shape index (κ2) is 11.2. The van der Waals surface area contributed by atoms with E-state index in [4.69, 9.17) is 20.9 Å². The zero-order valence-corrected chi connectivity index (χ0v) is 23.4. The van der Waals surface area contributed by atoms with Crippen molar-refractivity contribution in [2.75, 3.05) is 36.1 Å². The summed E-state index contributed by atoms with van der Waals surface area (Å²) in [7, 11) is 1.28. The third-order valence-electron chi connectivity index (χ3n) is 7.56. The topological polar surface area (TPSA) is 135 Å². The lowest BCUT2D eigenvalue weighted by atomic mass is 9.83. The standard InChI is InChI=1S/C30H28ClN5O6/c1-40-28(38)32-20-9-10-21-25(16-20)42-35-26(21)33-24(14-18-6-3-2-4-7-18)27(37)36-13-5-12-30(17-36)22-15-19(31)8-11-23(22)34-29(39)41-30/h2-4,6-11,15-16,24H,5,12-14,17H2,1H3,(H,32,38)(H,33,35)(H,34,39). The Morgan fingerprint density at radius 1 is 1.17 bits per heavy atom. The zero-order chi connectivity index (χ0) is 29.3. The van der Waals surface area contributed by atoms with Crippen LogP contribution in [0.5, 0.6) is 0 Å². The Kier molecular flexibility index (Phi) is 7.34. The molecule has 4 aromatic rings. The first-order valence-electron chi connectivity index (χ1n) is 13.5. The fourth-order valence-electron chi connectivity index (χ4n) is 5.61. The molecule has 2 unspecified atom stereocenters. The molecule has 2 aliphatic rings. The average Bonchev–Trinajstić information content (AvgIpc) is 3.39. The van der Waals surface area contributed by atoms with Gasteiger partial charge in [0.2, 0.25) is 5.91 Å². The largest absolute Gasteiger partial charge is 0.453 e. The number of rotatable bonds is 6. The second-order valence-electron chi connectivity index (χ2n) is 10.3. The highest BCUT2D eigenvalue weighted by atomic mass is 35.5. The van der Waals surface area contributed by atoms with Gasteiger partial charge in [0.25, 0.3) is 0 Å². The van der Waals surface area contributed by atoms with Gasteiger partial charge in [0, 0.05) is 35.3 Å². The molecule has 3 N–H and O–H groups in total. The molecular weight excluding hydrogens is 562 g/mol. The number of anilines is 3. The predicted octanol–water partition coefficient (Wildman–Crippen LogP) is 5.76. The number of benzene rings is 3. The molecule has 1 aromatic heterocycles. The normalized spacial score (nSPS) is 18.5. The van der Waals surface area contributed by atoms with Gasteiger partial charge in [-0.3, -0.25) is 15.4 Å². The van der Waals surface area contributed by atoms with Crippen molar-refractivity contribution >= 4 is 57.9 Å². The Labute approximate surface area is 246 Å². The number of carbonyl (C=O) groups is 3. The van der Waals surface area contributed by atoms with E-state index in [-0.39, 0.29) is 12.5 Å². The lowest BCUT2D eigenvalue weighted by Gasteiger charge is -2.45. The molecular formula is C30H28ClN5O6. The molecule has 0 bridgehead atoms. The number of aromatic nitrogens is 1. The van der Waals surface area contributed by atoms with Crippen LogP contribution in [-0.4, -0.2) is 54.4 Å². The summed E-state index contributed by atoms with van der Waals surface area (Å²) in [6.07, 6.45) is 0.400. The van der Waals surface area contributed by atoms with E-state index in [9.17, 15) is 14.4 Å². The lowest BCUT2D eigenvalue weighted by Crippen LogP contribution is -2.56. The molecule has 0 aliphatic carbocycles. The number of nitrogens with zero attached hydrogens (tertiary/aromatic N) is 2. The summed E-state index contributed by atoms with van der Waals surface area (Å²) in [5, 5.41) is 14.0. The fourth-order valence-corrected chi connectivity index (χ4v) is 5.78. The minimum Gasteiger partial charge on any atom is -0.453 e. The summed E-state index contributed by atoms with van der Waals surface area (Å²) in [4.78, 5) is 40.1. The van der Waals surface area contributed by atoms with Crippen LogP contribution in [0.2, 0.25) is 5.02 Å². The van der Waals surface area contributed by atoms with Gasteiger partial charge < -0.3 is 24.2 Å². The quantitative estimate of drug-likeness (QED) is 0.258. The number of nitrogens with one attached hydrogen (secondary N) is 3. The van der Waals surface area contributed by atoms with Gasteiger partial charge >= 0.3 is 12.2 Å². The smallest absolute Gasteiger partial charge is 0.412 e. The van der Waals surface area contributed by atoms with Crippen LogP contribution in [0.15, 0.2) is 71.3 Å². The molecule has 3 heterocycles. The molecule has 2 aliphatic heterocycles. The third kappa shape index (κ3) is 5.42. The number of likely N-dealkylation sites (tertiary alicyclic amines) is 1. The minimum absolute atomic E-state index is 0.170. The highest BCUT2D eigenvalue weighted by Gasteiger charge is 2.47. The molecule has 42 heavy (non-hydrogen) atoms. The van der Waals surface area contributed by atoms with E-state index in [2.05, 4.69) is 25.8 Å².